The number of nitriles is 1. The summed E-state index contributed by atoms with van der Waals surface area (Å²) in [5.41, 5.74) is 0.0905. The first kappa shape index (κ1) is 13.6. The Morgan fingerprint density at radius 1 is 1.47 bits per heavy atom. The molecule has 0 amide bonds. The van der Waals surface area contributed by atoms with Crippen molar-refractivity contribution in [1.82, 2.24) is 4.72 Å². The van der Waals surface area contributed by atoms with Crippen molar-refractivity contribution in [1.29, 1.82) is 5.26 Å². The number of sulfonamides is 1. The second-order valence-electron chi connectivity index (χ2n) is 3.52. The molecule has 5 nitrogen and oxygen atoms in total. The van der Waals surface area contributed by atoms with Gasteiger partial charge in [0, 0.05) is 6.04 Å². The number of aliphatic hydroxyl groups excluding tert-OH is 1. The Kier molecular flexibility index (Phi) is 4.63. The van der Waals surface area contributed by atoms with Gasteiger partial charge in [0.1, 0.15) is 6.07 Å². The topological polar surface area (TPSA) is 90.2 Å². The Morgan fingerprint density at radius 2 is 2.12 bits per heavy atom. The SMILES string of the molecule is CCC(CO)NS(=O)(=O)c1ccccc1C#N. The van der Waals surface area contributed by atoms with Gasteiger partial charge in [-0.05, 0) is 18.6 Å². The molecule has 1 rings (SSSR count). The fraction of sp³-hybridized carbons (Fsp3) is 0.364. The third-order valence-electron chi connectivity index (χ3n) is 2.33. The molecule has 0 bridgehead atoms. The van der Waals surface area contributed by atoms with E-state index in [0.29, 0.717) is 6.42 Å². The second-order valence-corrected chi connectivity index (χ2v) is 5.20. The van der Waals surface area contributed by atoms with Gasteiger partial charge in [-0.3, -0.25) is 0 Å². The van der Waals surface area contributed by atoms with Crippen molar-refractivity contribution in [2.24, 2.45) is 0 Å². The van der Waals surface area contributed by atoms with Crippen LogP contribution in [0.5, 0.6) is 0 Å². The lowest BCUT2D eigenvalue weighted by molar-refractivity contribution is 0.254. The molecule has 1 aromatic carbocycles. The van der Waals surface area contributed by atoms with Crippen LogP contribution in [0.4, 0.5) is 0 Å². The molecule has 0 saturated heterocycles. The van der Waals surface area contributed by atoms with Gasteiger partial charge in [0.2, 0.25) is 10.0 Å². The Morgan fingerprint density at radius 3 is 2.65 bits per heavy atom. The van der Waals surface area contributed by atoms with E-state index < -0.39 is 16.1 Å². The summed E-state index contributed by atoms with van der Waals surface area (Å²) < 4.78 is 26.3. The Labute approximate surface area is 101 Å². The van der Waals surface area contributed by atoms with Crippen LogP contribution in [-0.4, -0.2) is 26.2 Å². The van der Waals surface area contributed by atoms with E-state index in [0.717, 1.165) is 0 Å². The van der Waals surface area contributed by atoms with Crippen LogP contribution in [-0.2, 0) is 10.0 Å². The summed E-state index contributed by atoms with van der Waals surface area (Å²) in [6.07, 6.45) is 0.477. The predicted octanol–water partition coefficient (Wildman–Crippen LogP) is 0.607. The smallest absolute Gasteiger partial charge is 0.242 e. The summed E-state index contributed by atoms with van der Waals surface area (Å²) in [6.45, 7) is 1.49. The van der Waals surface area contributed by atoms with E-state index in [1.54, 1.807) is 19.1 Å². The summed E-state index contributed by atoms with van der Waals surface area (Å²) in [5.74, 6) is 0. The quantitative estimate of drug-likeness (QED) is 0.805. The average Bonchev–Trinajstić information content (AvgIpc) is 2.35. The number of aliphatic hydroxyl groups is 1. The lowest BCUT2D eigenvalue weighted by atomic mass is 10.2. The highest BCUT2D eigenvalue weighted by atomic mass is 32.2. The molecule has 0 heterocycles. The van der Waals surface area contributed by atoms with Crippen molar-refractivity contribution in [2.45, 2.75) is 24.3 Å². The fourth-order valence-corrected chi connectivity index (χ4v) is 2.79. The minimum absolute atomic E-state index is 0.0607. The zero-order chi connectivity index (χ0) is 12.9. The number of benzene rings is 1. The maximum absolute atomic E-state index is 12.0. The molecule has 6 heteroatoms. The summed E-state index contributed by atoms with van der Waals surface area (Å²) in [6, 6.07) is 7.25. The molecule has 0 aliphatic carbocycles. The van der Waals surface area contributed by atoms with Gasteiger partial charge in [0.15, 0.2) is 0 Å². The first-order valence-corrected chi connectivity index (χ1v) is 6.65. The zero-order valence-electron chi connectivity index (χ0n) is 9.42. The van der Waals surface area contributed by atoms with Gasteiger partial charge in [0.05, 0.1) is 17.1 Å². The third-order valence-corrected chi connectivity index (χ3v) is 3.91. The van der Waals surface area contributed by atoms with E-state index in [2.05, 4.69) is 4.72 Å². The lowest BCUT2D eigenvalue weighted by Crippen LogP contribution is -2.37. The molecule has 0 saturated carbocycles. The van der Waals surface area contributed by atoms with Crippen LogP contribution in [0.25, 0.3) is 0 Å². The van der Waals surface area contributed by atoms with Crippen LogP contribution in [0.3, 0.4) is 0 Å². The zero-order valence-corrected chi connectivity index (χ0v) is 10.2. The van der Waals surface area contributed by atoms with Gasteiger partial charge in [-0.2, -0.15) is 5.26 Å². The van der Waals surface area contributed by atoms with E-state index >= 15 is 0 Å². The summed E-state index contributed by atoms with van der Waals surface area (Å²) in [5, 5.41) is 17.8. The highest BCUT2D eigenvalue weighted by Gasteiger charge is 2.21. The van der Waals surface area contributed by atoms with Crippen molar-refractivity contribution in [3.05, 3.63) is 29.8 Å². The molecular formula is C11H14N2O3S. The van der Waals surface area contributed by atoms with Gasteiger partial charge >= 0.3 is 0 Å². The monoisotopic (exact) mass is 254 g/mol. The number of hydrogen-bond acceptors (Lipinski definition) is 4. The number of nitrogens with one attached hydrogen (secondary N) is 1. The van der Waals surface area contributed by atoms with E-state index in [4.69, 9.17) is 10.4 Å². The maximum Gasteiger partial charge on any atom is 0.242 e. The van der Waals surface area contributed by atoms with E-state index in [-0.39, 0.29) is 17.1 Å². The van der Waals surface area contributed by atoms with E-state index in [1.807, 2.05) is 6.07 Å². The molecule has 1 aromatic rings. The molecule has 0 fully saturated rings. The Bertz CT molecular complexity index is 516. The second kappa shape index (κ2) is 5.77. The average molecular weight is 254 g/mol. The minimum atomic E-state index is -3.76. The number of nitrogens with zero attached hydrogens (tertiary/aromatic N) is 1. The van der Waals surface area contributed by atoms with Crippen LogP contribution in [0, 0.1) is 11.3 Å². The molecule has 0 spiro atoms. The van der Waals surface area contributed by atoms with Crippen molar-refractivity contribution in [2.75, 3.05) is 6.61 Å². The highest BCUT2D eigenvalue weighted by Crippen LogP contribution is 2.14. The van der Waals surface area contributed by atoms with Crippen LogP contribution >= 0.6 is 0 Å². The van der Waals surface area contributed by atoms with Crippen LogP contribution < -0.4 is 4.72 Å². The number of hydrogen-bond donors (Lipinski definition) is 2. The van der Waals surface area contributed by atoms with Crippen molar-refractivity contribution in [3.8, 4) is 6.07 Å². The fourth-order valence-electron chi connectivity index (χ4n) is 1.33. The molecule has 0 aliphatic heterocycles. The highest BCUT2D eigenvalue weighted by molar-refractivity contribution is 7.89. The molecule has 1 atom stereocenters. The van der Waals surface area contributed by atoms with Crippen LogP contribution in [0.2, 0.25) is 0 Å². The Balaban J connectivity index is 3.10. The predicted molar refractivity (Wildman–Crippen MR) is 62.6 cm³/mol. The first-order chi connectivity index (χ1) is 8.05. The van der Waals surface area contributed by atoms with Crippen molar-refractivity contribution >= 4 is 10.0 Å². The summed E-state index contributed by atoms with van der Waals surface area (Å²) in [4.78, 5) is -0.0607. The minimum Gasteiger partial charge on any atom is -0.395 e. The molecular weight excluding hydrogens is 240 g/mol. The Hall–Kier alpha value is -1.42. The third kappa shape index (κ3) is 3.27. The van der Waals surface area contributed by atoms with Gasteiger partial charge in [0.25, 0.3) is 0 Å². The summed E-state index contributed by atoms with van der Waals surface area (Å²) in [7, 11) is -3.76. The van der Waals surface area contributed by atoms with Gasteiger partial charge in [-0.15, -0.1) is 0 Å². The van der Waals surface area contributed by atoms with E-state index in [1.165, 1.54) is 12.1 Å². The maximum atomic E-state index is 12.0. The lowest BCUT2D eigenvalue weighted by Gasteiger charge is -2.14. The molecule has 17 heavy (non-hydrogen) atoms. The molecule has 2 N–H and O–H groups in total. The normalized spacial score (nSPS) is 13.0. The first-order valence-electron chi connectivity index (χ1n) is 5.17. The van der Waals surface area contributed by atoms with Crippen molar-refractivity contribution < 1.29 is 13.5 Å². The van der Waals surface area contributed by atoms with Crippen molar-refractivity contribution in [3.63, 3.8) is 0 Å². The van der Waals surface area contributed by atoms with Crippen LogP contribution in [0.1, 0.15) is 18.9 Å². The molecule has 1 unspecified atom stereocenters. The van der Waals surface area contributed by atoms with E-state index in [9.17, 15) is 8.42 Å². The standard InChI is InChI=1S/C11H14N2O3S/c1-2-10(8-14)13-17(15,16)11-6-4-3-5-9(11)7-12/h3-6,10,13-14H,2,8H2,1H3. The van der Waals surface area contributed by atoms with Gasteiger partial charge < -0.3 is 5.11 Å². The van der Waals surface area contributed by atoms with Crippen LogP contribution in [0.15, 0.2) is 29.2 Å². The molecule has 0 aromatic heterocycles. The van der Waals surface area contributed by atoms with Gasteiger partial charge in [-0.1, -0.05) is 19.1 Å². The molecule has 0 radical (unpaired) electrons. The number of rotatable bonds is 5. The molecule has 92 valence electrons. The molecule has 0 aliphatic rings. The summed E-state index contributed by atoms with van der Waals surface area (Å²) >= 11 is 0. The largest absolute Gasteiger partial charge is 0.395 e. The van der Waals surface area contributed by atoms with Gasteiger partial charge in [-0.25, -0.2) is 13.1 Å².